The minimum Gasteiger partial charge on any atom is -0.463 e. The molecule has 0 fully saturated rings. The topological polar surface area (TPSA) is 63.9 Å². The maximum atomic E-state index is 14.0. The van der Waals surface area contributed by atoms with E-state index in [9.17, 15) is 9.59 Å². The Morgan fingerprint density at radius 3 is 2.48 bits per heavy atom. The summed E-state index contributed by atoms with van der Waals surface area (Å²) in [5.74, 6) is -0.485. The number of thioether (sulfide) groups is 1. The molecule has 0 aliphatic carbocycles. The van der Waals surface area contributed by atoms with Crippen LogP contribution in [-0.2, 0) is 9.53 Å². The van der Waals surface area contributed by atoms with Crippen LogP contribution in [0.25, 0.3) is 11.8 Å². The van der Waals surface area contributed by atoms with Gasteiger partial charge in [0.2, 0.25) is 0 Å². The SMILES string of the molecule is CCOC(=O)C1=C(c2ccccc2)N=c2s/c(=C\c3ccc(N(C)C)c(Br)c3)c(=O)n2[C@@H]1c1ccc(SC)cc1. The third-order valence-electron chi connectivity index (χ3n) is 6.56. The first kappa shape index (κ1) is 28.1. The van der Waals surface area contributed by atoms with Crippen LogP contribution >= 0.6 is 39.0 Å². The summed E-state index contributed by atoms with van der Waals surface area (Å²) in [7, 11) is 3.96. The van der Waals surface area contributed by atoms with Crippen LogP contribution in [0.1, 0.15) is 29.7 Å². The van der Waals surface area contributed by atoms with Gasteiger partial charge in [0.1, 0.15) is 0 Å². The van der Waals surface area contributed by atoms with E-state index >= 15 is 0 Å². The monoisotopic (exact) mass is 633 g/mol. The summed E-state index contributed by atoms with van der Waals surface area (Å²) in [5, 5.41) is 0. The van der Waals surface area contributed by atoms with Crippen LogP contribution in [-0.4, -0.2) is 37.5 Å². The van der Waals surface area contributed by atoms with Crippen molar-refractivity contribution in [2.24, 2.45) is 4.99 Å². The third kappa shape index (κ3) is 5.46. The van der Waals surface area contributed by atoms with Gasteiger partial charge in [-0.05, 0) is 70.6 Å². The van der Waals surface area contributed by atoms with Gasteiger partial charge in [0, 0.05) is 29.0 Å². The molecule has 9 heteroatoms. The Labute approximate surface area is 249 Å². The van der Waals surface area contributed by atoms with Crippen LogP contribution in [0.15, 0.2) is 97.5 Å². The number of aromatic nitrogens is 1. The largest absolute Gasteiger partial charge is 0.463 e. The number of hydrogen-bond donors (Lipinski definition) is 0. The number of fused-ring (bicyclic) bond motifs is 1. The summed E-state index contributed by atoms with van der Waals surface area (Å²) < 4.78 is 8.64. The molecule has 6 nitrogen and oxygen atoms in total. The second kappa shape index (κ2) is 12.0. The molecule has 5 rings (SSSR count). The molecule has 40 heavy (non-hydrogen) atoms. The lowest BCUT2D eigenvalue weighted by molar-refractivity contribution is -0.138. The van der Waals surface area contributed by atoms with E-state index in [1.807, 2.05) is 104 Å². The highest BCUT2D eigenvalue weighted by atomic mass is 79.9. The predicted molar refractivity (Wildman–Crippen MR) is 168 cm³/mol. The molecule has 1 aliphatic heterocycles. The van der Waals surface area contributed by atoms with Crippen molar-refractivity contribution in [1.82, 2.24) is 4.57 Å². The first-order chi connectivity index (χ1) is 19.3. The van der Waals surface area contributed by atoms with Crippen molar-refractivity contribution >= 4 is 62.5 Å². The van der Waals surface area contributed by atoms with E-state index in [0.29, 0.717) is 20.6 Å². The number of esters is 1. The number of carbonyl (C=O) groups is 1. The number of carbonyl (C=O) groups excluding carboxylic acids is 1. The van der Waals surface area contributed by atoms with Gasteiger partial charge in [0.05, 0.1) is 34.1 Å². The van der Waals surface area contributed by atoms with Crippen molar-refractivity contribution in [3.05, 3.63) is 119 Å². The van der Waals surface area contributed by atoms with Crippen LogP contribution < -0.4 is 19.8 Å². The summed E-state index contributed by atoms with van der Waals surface area (Å²) in [6, 6.07) is 22.8. The van der Waals surface area contributed by atoms with E-state index in [4.69, 9.17) is 9.73 Å². The summed E-state index contributed by atoms with van der Waals surface area (Å²) in [6.07, 6.45) is 3.89. The van der Waals surface area contributed by atoms with Gasteiger partial charge in [-0.15, -0.1) is 11.8 Å². The number of halogens is 1. The van der Waals surface area contributed by atoms with E-state index in [-0.39, 0.29) is 12.2 Å². The highest BCUT2D eigenvalue weighted by Gasteiger charge is 2.35. The molecule has 2 heterocycles. The predicted octanol–water partition coefficient (Wildman–Crippen LogP) is 5.49. The maximum Gasteiger partial charge on any atom is 0.338 e. The zero-order valence-electron chi connectivity index (χ0n) is 22.6. The lowest BCUT2D eigenvalue weighted by atomic mass is 9.93. The Morgan fingerprint density at radius 2 is 1.85 bits per heavy atom. The molecular weight excluding hydrogens is 606 g/mol. The van der Waals surface area contributed by atoms with E-state index in [1.165, 1.54) is 11.3 Å². The van der Waals surface area contributed by atoms with Gasteiger partial charge < -0.3 is 9.64 Å². The van der Waals surface area contributed by atoms with Crippen LogP contribution in [0.4, 0.5) is 5.69 Å². The molecular formula is C31H28BrN3O3S2. The number of rotatable bonds is 7. The second-order valence-corrected chi connectivity index (χ2v) is 12.1. The Morgan fingerprint density at radius 1 is 1.12 bits per heavy atom. The molecule has 0 amide bonds. The van der Waals surface area contributed by atoms with Crippen LogP contribution in [0, 0.1) is 0 Å². The van der Waals surface area contributed by atoms with Crippen molar-refractivity contribution in [3.63, 3.8) is 0 Å². The zero-order chi connectivity index (χ0) is 28.4. The van der Waals surface area contributed by atoms with Gasteiger partial charge in [-0.2, -0.15) is 0 Å². The molecule has 3 aromatic carbocycles. The first-order valence-corrected chi connectivity index (χ1v) is 15.5. The summed E-state index contributed by atoms with van der Waals surface area (Å²) in [5.41, 5.74) is 4.19. The van der Waals surface area contributed by atoms with Crippen molar-refractivity contribution in [3.8, 4) is 0 Å². The fourth-order valence-electron chi connectivity index (χ4n) is 4.67. The summed E-state index contributed by atoms with van der Waals surface area (Å²) in [6.45, 7) is 1.99. The molecule has 1 atom stereocenters. The smallest absolute Gasteiger partial charge is 0.338 e. The fourth-order valence-corrected chi connectivity index (χ4v) is 6.83. The highest BCUT2D eigenvalue weighted by molar-refractivity contribution is 9.10. The minimum absolute atomic E-state index is 0.204. The van der Waals surface area contributed by atoms with Gasteiger partial charge in [-0.3, -0.25) is 9.36 Å². The second-order valence-electron chi connectivity index (χ2n) is 9.31. The number of anilines is 1. The fraction of sp³-hybridized carbons (Fsp3) is 0.194. The Balaban J connectivity index is 1.78. The van der Waals surface area contributed by atoms with Crippen LogP contribution in [0.3, 0.4) is 0 Å². The van der Waals surface area contributed by atoms with Gasteiger partial charge in [0.25, 0.3) is 5.56 Å². The molecule has 1 aromatic heterocycles. The number of ether oxygens (including phenoxy) is 1. The molecule has 0 radical (unpaired) electrons. The van der Waals surface area contributed by atoms with E-state index in [0.717, 1.165) is 31.7 Å². The maximum absolute atomic E-state index is 14.0. The molecule has 204 valence electrons. The van der Waals surface area contributed by atoms with Crippen LogP contribution in [0.2, 0.25) is 0 Å². The van der Waals surface area contributed by atoms with Crippen LogP contribution in [0.5, 0.6) is 0 Å². The van der Waals surface area contributed by atoms with Crippen molar-refractivity contribution in [1.29, 1.82) is 0 Å². The lowest BCUT2D eigenvalue weighted by Crippen LogP contribution is -2.40. The summed E-state index contributed by atoms with van der Waals surface area (Å²) >= 11 is 6.59. The first-order valence-electron chi connectivity index (χ1n) is 12.7. The van der Waals surface area contributed by atoms with E-state index < -0.39 is 12.0 Å². The molecule has 4 aromatic rings. The quantitative estimate of drug-likeness (QED) is 0.199. The highest BCUT2D eigenvalue weighted by Crippen LogP contribution is 2.35. The van der Waals surface area contributed by atoms with Crippen molar-refractivity contribution in [2.75, 3.05) is 31.9 Å². The van der Waals surface area contributed by atoms with Crippen molar-refractivity contribution < 1.29 is 9.53 Å². The average molecular weight is 635 g/mol. The molecule has 0 saturated heterocycles. The van der Waals surface area contributed by atoms with E-state index in [1.54, 1.807) is 23.3 Å². The third-order valence-corrected chi connectivity index (χ3v) is 8.92. The molecule has 1 aliphatic rings. The zero-order valence-corrected chi connectivity index (χ0v) is 25.8. The number of benzene rings is 3. The van der Waals surface area contributed by atoms with Gasteiger partial charge in [-0.1, -0.05) is 59.9 Å². The lowest BCUT2D eigenvalue weighted by Gasteiger charge is -2.26. The van der Waals surface area contributed by atoms with Gasteiger partial charge >= 0.3 is 5.97 Å². The Bertz CT molecular complexity index is 1780. The normalized spacial score (nSPS) is 15.0. The summed E-state index contributed by atoms with van der Waals surface area (Å²) in [4.78, 5) is 36.1. The average Bonchev–Trinajstić information content (AvgIpc) is 3.26. The number of thiazole rings is 1. The molecule has 0 saturated carbocycles. The van der Waals surface area contributed by atoms with Gasteiger partial charge in [-0.25, -0.2) is 9.79 Å². The standard InChI is InChI=1S/C31H28BrN3O3S2/c1-5-38-30(37)26-27(20-9-7-6-8-10-20)33-31-35(28(26)21-12-14-22(39-4)15-13-21)29(36)25(40-31)18-19-11-16-24(34(2)3)23(32)17-19/h6-18,28H,5H2,1-4H3/b25-18-/t28-/m1/s1. The number of nitrogens with zero attached hydrogens (tertiary/aromatic N) is 3. The van der Waals surface area contributed by atoms with E-state index in [2.05, 4.69) is 15.9 Å². The molecule has 0 bridgehead atoms. The Kier molecular flexibility index (Phi) is 8.44. The number of hydrogen-bond acceptors (Lipinski definition) is 7. The molecule has 0 N–H and O–H groups in total. The minimum atomic E-state index is -0.689. The van der Waals surface area contributed by atoms with Gasteiger partial charge in [0.15, 0.2) is 4.80 Å². The Hall–Kier alpha value is -3.40. The molecule has 0 unspecified atom stereocenters. The van der Waals surface area contributed by atoms with Crippen molar-refractivity contribution in [2.45, 2.75) is 17.9 Å². The molecule has 0 spiro atoms.